The Balaban J connectivity index is 1.50. The van der Waals surface area contributed by atoms with Gasteiger partial charge < -0.3 is 15.5 Å². The number of nitrogens with zero attached hydrogens (tertiary/aromatic N) is 2. The lowest BCUT2D eigenvalue weighted by atomic mass is 10.1. The van der Waals surface area contributed by atoms with Gasteiger partial charge in [0.25, 0.3) is 11.8 Å². The topological polar surface area (TPSA) is 98.2 Å². The lowest BCUT2D eigenvalue weighted by molar-refractivity contribution is 0.102. The van der Waals surface area contributed by atoms with Gasteiger partial charge in [0.1, 0.15) is 17.5 Å². The fraction of sp³-hybridized carbons (Fsp3) is 0.130. The molecule has 1 saturated heterocycles. The third-order valence-corrected chi connectivity index (χ3v) is 5.27. The van der Waals surface area contributed by atoms with Gasteiger partial charge in [-0.15, -0.1) is 0 Å². The molecule has 7 nitrogen and oxygen atoms in total. The van der Waals surface area contributed by atoms with E-state index in [1.54, 1.807) is 36.4 Å². The molecule has 1 aromatic heterocycles. The van der Waals surface area contributed by atoms with E-state index in [2.05, 4.69) is 15.6 Å². The summed E-state index contributed by atoms with van der Waals surface area (Å²) in [5.74, 6) is -1.40. The SMILES string of the molecule is N=C(c1ccc(C(=O)Nc2ccccc2C(=O)Nc2ccc(Cl)cn2)c(F)c1)N1CCC1. The number of aromatic nitrogens is 1. The fourth-order valence-corrected chi connectivity index (χ4v) is 3.29. The van der Waals surface area contributed by atoms with Gasteiger partial charge in [-0.2, -0.15) is 0 Å². The minimum absolute atomic E-state index is 0.181. The minimum Gasteiger partial charge on any atom is -0.356 e. The van der Waals surface area contributed by atoms with E-state index in [-0.39, 0.29) is 22.6 Å². The highest BCUT2D eigenvalue weighted by molar-refractivity contribution is 6.30. The Morgan fingerprint density at radius 3 is 2.41 bits per heavy atom. The van der Waals surface area contributed by atoms with Gasteiger partial charge in [-0.05, 0) is 42.8 Å². The third-order valence-electron chi connectivity index (χ3n) is 5.05. The third kappa shape index (κ3) is 4.60. The van der Waals surface area contributed by atoms with Crippen molar-refractivity contribution in [3.05, 3.63) is 88.3 Å². The molecule has 0 bridgehead atoms. The van der Waals surface area contributed by atoms with E-state index < -0.39 is 17.6 Å². The van der Waals surface area contributed by atoms with Gasteiger partial charge in [-0.3, -0.25) is 15.0 Å². The first-order chi connectivity index (χ1) is 15.4. The quantitative estimate of drug-likeness (QED) is 0.395. The van der Waals surface area contributed by atoms with Gasteiger partial charge in [0.15, 0.2) is 0 Å². The number of amides is 2. The molecular formula is C23H19ClFN5O2. The van der Waals surface area contributed by atoms with Gasteiger partial charge in [0.05, 0.1) is 21.8 Å². The first-order valence-corrected chi connectivity index (χ1v) is 10.3. The summed E-state index contributed by atoms with van der Waals surface area (Å²) in [6.07, 6.45) is 2.41. The van der Waals surface area contributed by atoms with Gasteiger partial charge >= 0.3 is 0 Å². The van der Waals surface area contributed by atoms with Crippen LogP contribution in [0.25, 0.3) is 0 Å². The van der Waals surface area contributed by atoms with E-state index in [9.17, 15) is 14.0 Å². The van der Waals surface area contributed by atoms with Crippen LogP contribution in [0.3, 0.4) is 0 Å². The number of hydrogen-bond acceptors (Lipinski definition) is 4. The zero-order valence-corrected chi connectivity index (χ0v) is 17.6. The first kappa shape index (κ1) is 21.5. The van der Waals surface area contributed by atoms with Crippen LogP contribution < -0.4 is 10.6 Å². The highest BCUT2D eigenvalue weighted by Crippen LogP contribution is 2.21. The monoisotopic (exact) mass is 451 g/mol. The zero-order valence-electron chi connectivity index (χ0n) is 16.9. The summed E-state index contributed by atoms with van der Waals surface area (Å²) in [4.78, 5) is 31.2. The molecule has 1 aliphatic heterocycles. The van der Waals surface area contributed by atoms with Crippen molar-refractivity contribution in [1.82, 2.24) is 9.88 Å². The van der Waals surface area contributed by atoms with Crippen LogP contribution >= 0.6 is 11.6 Å². The van der Waals surface area contributed by atoms with E-state index in [0.29, 0.717) is 16.4 Å². The number of hydrogen-bond donors (Lipinski definition) is 3. The smallest absolute Gasteiger partial charge is 0.258 e. The number of para-hydroxylation sites is 1. The first-order valence-electron chi connectivity index (χ1n) is 9.89. The molecule has 32 heavy (non-hydrogen) atoms. The van der Waals surface area contributed by atoms with Crippen LogP contribution in [0.1, 0.15) is 32.7 Å². The Kier molecular flexibility index (Phi) is 6.13. The second-order valence-corrected chi connectivity index (χ2v) is 7.64. The van der Waals surface area contributed by atoms with Crippen molar-refractivity contribution >= 4 is 40.8 Å². The number of rotatable bonds is 5. The van der Waals surface area contributed by atoms with E-state index in [1.807, 2.05) is 4.90 Å². The van der Waals surface area contributed by atoms with Crippen molar-refractivity contribution in [2.75, 3.05) is 23.7 Å². The van der Waals surface area contributed by atoms with Crippen LogP contribution in [-0.2, 0) is 0 Å². The molecule has 2 aromatic carbocycles. The van der Waals surface area contributed by atoms with Gasteiger partial charge in [0.2, 0.25) is 0 Å². The molecule has 3 aromatic rings. The Morgan fingerprint density at radius 1 is 1.00 bits per heavy atom. The number of likely N-dealkylation sites (tertiary alicyclic amines) is 1. The predicted octanol–water partition coefficient (Wildman–Crippen LogP) is 4.41. The average molecular weight is 452 g/mol. The van der Waals surface area contributed by atoms with Crippen LogP contribution in [0.15, 0.2) is 60.8 Å². The van der Waals surface area contributed by atoms with Crippen molar-refractivity contribution in [2.45, 2.75) is 6.42 Å². The maximum atomic E-state index is 14.7. The van der Waals surface area contributed by atoms with Crippen LogP contribution in [0.2, 0.25) is 5.02 Å². The zero-order chi connectivity index (χ0) is 22.7. The highest BCUT2D eigenvalue weighted by Gasteiger charge is 2.21. The molecule has 162 valence electrons. The molecule has 1 fully saturated rings. The molecule has 0 atom stereocenters. The van der Waals surface area contributed by atoms with Gasteiger partial charge in [0, 0.05) is 24.8 Å². The average Bonchev–Trinajstić information content (AvgIpc) is 2.74. The lowest BCUT2D eigenvalue weighted by Gasteiger charge is -2.33. The molecule has 9 heteroatoms. The number of pyridine rings is 1. The summed E-state index contributed by atoms with van der Waals surface area (Å²) < 4.78 is 14.7. The number of carbonyl (C=O) groups excluding carboxylic acids is 2. The van der Waals surface area contributed by atoms with Crippen molar-refractivity contribution in [1.29, 1.82) is 5.41 Å². The molecule has 0 spiro atoms. The van der Waals surface area contributed by atoms with E-state index in [0.717, 1.165) is 19.5 Å². The maximum Gasteiger partial charge on any atom is 0.258 e. The van der Waals surface area contributed by atoms with E-state index in [1.165, 1.54) is 24.4 Å². The number of nitrogens with one attached hydrogen (secondary N) is 3. The van der Waals surface area contributed by atoms with Crippen molar-refractivity contribution < 1.29 is 14.0 Å². The molecule has 3 N–H and O–H groups in total. The summed E-state index contributed by atoms with van der Waals surface area (Å²) >= 11 is 5.80. The van der Waals surface area contributed by atoms with E-state index >= 15 is 0 Å². The van der Waals surface area contributed by atoms with Gasteiger partial charge in [-0.1, -0.05) is 29.8 Å². The van der Waals surface area contributed by atoms with E-state index in [4.69, 9.17) is 17.0 Å². The second-order valence-electron chi connectivity index (χ2n) is 7.20. The predicted molar refractivity (Wildman–Crippen MR) is 121 cm³/mol. The lowest BCUT2D eigenvalue weighted by Crippen LogP contribution is -2.42. The maximum absolute atomic E-state index is 14.7. The summed E-state index contributed by atoms with van der Waals surface area (Å²) in [5.41, 5.74) is 0.642. The van der Waals surface area contributed by atoms with Crippen LogP contribution in [-0.4, -0.2) is 40.6 Å². The molecule has 0 unspecified atom stereocenters. The number of halogens is 2. The Hall–Kier alpha value is -3.78. The summed E-state index contributed by atoms with van der Waals surface area (Å²) in [6, 6.07) is 13.6. The molecular weight excluding hydrogens is 433 g/mol. The standard InChI is InChI=1S/C23H19ClFN5O2/c24-15-7-9-20(27-13-15)29-23(32)17-4-1-2-5-19(17)28-22(31)16-8-6-14(12-18(16)25)21(26)30-10-3-11-30/h1-2,4-9,12-13,26H,3,10-11H2,(H,28,31)(H,27,29,32). The summed E-state index contributed by atoms with van der Waals surface area (Å²) in [6.45, 7) is 1.54. The summed E-state index contributed by atoms with van der Waals surface area (Å²) in [7, 11) is 0. The molecule has 2 heterocycles. The Labute approximate surface area is 188 Å². The van der Waals surface area contributed by atoms with Gasteiger partial charge in [-0.25, -0.2) is 9.37 Å². The number of carbonyl (C=O) groups is 2. The number of benzene rings is 2. The normalized spacial score (nSPS) is 12.6. The van der Waals surface area contributed by atoms with Crippen LogP contribution in [0.4, 0.5) is 15.9 Å². The van der Waals surface area contributed by atoms with Crippen LogP contribution in [0.5, 0.6) is 0 Å². The Morgan fingerprint density at radius 2 is 1.75 bits per heavy atom. The van der Waals surface area contributed by atoms with Crippen LogP contribution in [0, 0.1) is 11.2 Å². The highest BCUT2D eigenvalue weighted by atomic mass is 35.5. The summed E-state index contributed by atoms with van der Waals surface area (Å²) in [5, 5.41) is 13.8. The Bertz CT molecular complexity index is 1200. The molecule has 0 radical (unpaired) electrons. The van der Waals surface area contributed by atoms with Crippen molar-refractivity contribution in [3.8, 4) is 0 Å². The molecule has 0 saturated carbocycles. The number of amidine groups is 1. The molecule has 0 aliphatic carbocycles. The van der Waals surface area contributed by atoms with Crippen molar-refractivity contribution in [2.24, 2.45) is 0 Å². The molecule has 2 amide bonds. The fourth-order valence-electron chi connectivity index (χ4n) is 3.18. The largest absolute Gasteiger partial charge is 0.356 e. The molecule has 4 rings (SSSR count). The van der Waals surface area contributed by atoms with Crippen molar-refractivity contribution in [3.63, 3.8) is 0 Å². The second kappa shape index (κ2) is 9.15. The molecule has 1 aliphatic rings. The minimum atomic E-state index is -0.738. The number of anilines is 2.